The maximum absolute atomic E-state index is 12.5. The number of amides is 1. The summed E-state index contributed by atoms with van der Waals surface area (Å²) in [5.41, 5.74) is 0.904. The molecule has 0 saturated carbocycles. The lowest BCUT2D eigenvalue weighted by Gasteiger charge is -2.23. The fraction of sp³-hybridized carbons (Fsp3) is 0.429. The minimum Gasteiger partial charge on any atom is -0.349 e. The molecule has 1 atom stereocenters. The molecule has 0 aliphatic carbocycles. The average molecular weight is 432 g/mol. The van der Waals surface area contributed by atoms with Crippen molar-refractivity contribution in [1.82, 2.24) is 24.0 Å². The largest absolute Gasteiger partial charge is 0.349 e. The molecule has 30 heavy (non-hydrogen) atoms. The Bertz CT molecular complexity index is 1170. The second-order valence-electron chi connectivity index (χ2n) is 7.76. The fourth-order valence-electron chi connectivity index (χ4n) is 3.53. The molecule has 0 saturated heterocycles. The van der Waals surface area contributed by atoms with Gasteiger partial charge in [-0.2, -0.15) is 0 Å². The summed E-state index contributed by atoms with van der Waals surface area (Å²) >= 11 is 5.96. The van der Waals surface area contributed by atoms with Gasteiger partial charge in [-0.15, -0.1) is 0 Å². The minimum atomic E-state index is -0.418. The topological polar surface area (TPSA) is 90.9 Å². The first-order valence-corrected chi connectivity index (χ1v) is 10.2. The van der Waals surface area contributed by atoms with E-state index in [1.54, 1.807) is 11.6 Å². The molecule has 0 spiro atoms. The summed E-state index contributed by atoms with van der Waals surface area (Å²) in [4.78, 5) is 41.2. The molecular formula is C21H26ClN5O3. The van der Waals surface area contributed by atoms with E-state index < -0.39 is 11.2 Å². The molecule has 0 radical (unpaired) electrons. The fourth-order valence-corrected chi connectivity index (χ4v) is 3.65. The summed E-state index contributed by atoms with van der Waals surface area (Å²) < 4.78 is 4.11. The Morgan fingerprint density at radius 3 is 2.43 bits per heavy atom. The van der Waals surface area contributed by atoms with Gasteiger partial charge >= 0.3 is 5.69 Å². The molecular weight excluding hydrogens is 406 g/mol. The van der Waals surface area contributed by atoms with Gasteiger partial charge in [0, 0.05) is 32.1 Å². The van der Waals surface area contributed by atoms with Crippen LogP contribution in [0.2, 0.25) is 5.02 Å². The summed E-state index contributed by atoms with van der Waals surface area (Å²) in [6, 6.07) is 7.37. The van der Waals surface area contributed by atoms with Crippen molar-refractivity contribution in [2.75, 3.05) is 0 Å². The van der Waals surface area contributed by atoms with Gasteiger partial charge in [0.15, 0.2) is 11.2 Å². The zero-order valence-corrected chi connectivity index (χ0v) is 18.3. The molecule has 0 bridgehead atoms. The summed E-state index contributed by atoms with van der Waals surface area (Å²) in [5, 5.41) is 3.74. The predicted octanol–water partition coefficient (Wildman–Crippen LogP) is 2.38. The van der Waals surface area contributed by atoms with Crippen LogP contribution in [-0.2, 0) is 25.4 Å². The van der Waals surface area contributed by atoms with Crippen molar-refractivity contribution >= 4 is 28.7 Å². The smallest absolute Gasteiger partial charge is 0.332 e. The second-order valence-corrected chi connectivity index (χ2v) is 8.20. The molecule has 2 aromatic heterocycles. The van der Waals surface area contributed by atoms with Gasteiger partial charge in [0.1, 0.15) is 0 Å². The normalized spacial score (nSPS) is 12.5. The van der Waals surface area contributed by atoms with Gasteiger partial charge in [-0.25, -0.2) is 9.78 Å². The molecule has 9 heteroatoms. The number of fused-ring (bicyclic) bond motifs is 1. The van der Waals surface area contributed by atoms with Gasteiger partial charge in [0.2, 0.25) is 5.91 Å². The van der Waals surface area contributed by atoms with Gasteiger partial charge in [-0.3, -0.25) is 18.7 Å². The Hall–Kier alpha value is -2.87. The second kappa shape index (κ2) is 8.87. The Morgan fingerprint density at radius 1 is 1.13 bits per heavy atom. The van der Waals surface area contributed by atoms with Crippen LogP contribution >= 0.6 is 11.6 Å². The zero-order valence-electron chi connectivity index (χ0n) is 17.6. The standard InChI is InChI=1S/C21H26ClN5O3/c1-13(2)17(14-7-9-15(22)10-8-14)24-16(28)6-5-11-27-12-23-19-18(27)20(29)26(4)21(30)25(19)3/h7-10,12-13,17H,5-6,11H2,1-4H3,(H,24,28). The van der Waals surface area contributed by atoms with Crippen molar-refractivity contribution in [2.24, 2.45) is 20.0 Å². The number of rotatable bonds is 7. The van der Waals surface area contributed by atoms with Gasteiger partial charge < -0.3 is 9.88 Å². The summed E-state index contributed by atoms with van der Waals surface area (Å²) in [6.45, 7) is 4.55. The third-order valence-corrected chi connectivity index (χ3v) is 5.48. The van der Waals surface area contributed by atoms with Crippen molar-refractivity contribution in [3.63, 3.8) is 0 Å². The molecule has 160 valence electrons. The maximum Gasteiger partial charge on any atom is 0.332 e. The number of benzene rings is 1. The van der Waals surface area contributed by atoms with Crippen LogP contribution in [0.3, 0.4) is 0 Å². The number of hydrogen-bond donors (Lipinski definition) is 1. The highest BCUT2D eigenvalue weighted by atomic mass is 35.5. The molecule has 1 amide bonds. The summed E-state index contributed by atoms with van der Waals surface area (Å²) in [7, 11) is 3.02. The molecule has 1 N–H and O–H groups in total. The number of aryl methyl sites for hydroxylation is 2. The van der Waals surface area contributed by atoms with Crippen LogP contribution in [0.5, 0.6) is 0 Å². The van der Waals surface area contributed by atoms with Gasteiger partial charge in [0.25, 0.3) is 5.56 Å². The third kappa shape index (κ3) is 4.33. The molecule has 1 unspecified atom stereocenters. The van der Waals surface area contributed by atoms with E-state index in [0.717, 1.165) is 10.1 Å². The number of imidazole rings is 1. The third-order valence-electron chi connectivity index (χ3n) is 5.23. The highest BCUT2D eigenvalue weighted by Gasteiger charge is 2.19. The Kier molecular flexibility index (Phi) is 6.45. The number of aromatic nitrogens is 4. The maximum atomic E-state index is 12.5. The van der Waals surface area contributed by atoms with Crippen LogP contribution < -0.4 is 16.6 Å². The highest BCUT2D eigenvalue weighted by molar-refractivity contribution is 6.30. The van der Waals surface area contributed by atoms with E-state index in [9.17, 15) is 14.4 Å². The molecule has 8 nitrogen and oxygen atoms in total. The first-order chi connectivity index (χ1) is 14.2. The van der Waals surface area contributed by atoms with E-state index in [2.05, 4.69) is 24.1 Å². The lowest BCUT2D eigenvalue weighted by molar-refractivity contribution is -0.122. The van der Waals surface area contributed by atoms with E-state index in [4.69, 9.17) is 11.6 Å². The lowest BCUT2D eigenvalue weighted by atomic mass is 9.96. The van der Waals surface area contributed by atoms with Crippen molar-refractivity contribution in [2.45, 2.75) is 39.3 Å². The number of carbonyl (C=O) groups is 1. The van der Waals surface area contributed by atoms with Crippen molar-refractivity contribution in [1.29, 1.82) is 0 Å². The van der Waals surface area contributed by atoms with Gasteiger partial charge in [0.05, 0.1) is 12.4 Å². The average Bonchev–Trinajstić information content (AvgIpc) is 3.13. The van der Waals surface area contributed by atoms with Crippen LogP contribution in [0.15, 0.2) is 40.2 Å². The highest BCUT2D eigenvalue weighted by Crippen LogP contribution is 2.23. The van der Waals surface area contributed by atoms with Crippen LogP contribution in [0, 0.1) is 5.92 Å². The molecule has 3 rings (SSSR count). The molecule has 0 fully saturated rings. The molecule has 1 aromatic carbocycles. The number of nitrogens with one attached hydrogen (secondary N) is 1. The monoisotopic (exact) mass is 431 g/mol. The van der Waals surface area contributed by atoms with Crippen molar-refractivity contribution < 1.29 is 4.79 Å². The predicted molar refractivity (Wildman–Crippen MR) is 117 cm³/mol. The number of hydrogen-bond acceptors (Lipinski definition) is 4. The molecule has 0 aliphatic heterocycles. The lowest BCUT2D eigenvalue weighted by Crippen LogP contribution is -2.37. The Balaban J connectivity index is 1.68. The van der Waals surface area contributed by atoms with E-state index >= 15 is 0 Å². The van der Waals surface area contributed by atoms with Gasteiger partial charge in [-0.1, -0.05) is 37.6 Å². The van der Waals surface area contributed by atoms with E-state index in [-0.39, 0.29) is 17.9 Å². The van der Waals surface area contributed by atoms with E-state index in [1.807, 2.05) is 24.3 Å². The molecule has 2 heterocycles. The van der Waals surface area contributed by atoms with Crippen molar-refractivity contribution in [3.8, 4) is 0 Å². The van der Waals surface area contributed by atoms with Gasteiger partial charge in [-0.05, 0) is 30.0 Å². The number of halogens is 1. The van der Waals surface area contributed by atoms with Crippen LogP contribution in [-0.4, -0.2) is 24.6 Å². The number of nitrogens with zero attached hydrogens (tertiary/aromatic N) is 4. The molecule has 3 aromatic rings. The number of carbonyl (C=O) groups excluding carboxylic acids is 1. The summed E-state index contributed by atoms with van der Waals surface area (Å²) in [5.74, 6) is 0.158. The first kappa shape index (κ1) is 21.8. The minimum absolute atomic E-state index is 0.0617. The first-order valence-electron chi connectivity index (χ1n) is 9.86. The van der Waals surface area contributed by atoms with E-state index in [1.165, 1.54) is 17.9 Å². The molecule has 0 aliphatic rings. The quantitative estimate of drug-likeness (QED) is 0.621. The van der Waals surface area contributed by atoms with E-state index in [0.29, 0.717) is 35.6 Å². The Labute approximate surface area is 179 Å². The van der Waals surface area contributed by atoms with Crippen LogP contribution in [0.4, 0.5) is 0 Å². The summed E-state index contributed by atoms with van der Waals surface area (Å²) in [6.07, 6.45) is 2.38. The van der Waals surface area contributed by atoms with Crippen LogP contribution in [0.1, 0.15) is 38.3 Å². The zero-order chi connectivity index (χ0) is 22.0. The SMILES string of the molecule is CC(C)C(NC(=O)CCCn1cnc2c1c(=O)n(C)c(=O)n2C)c1ccc(Cl)cc1. The van der Waals surface area contributed by atoms with Crippen molar-refractivity contribution in [3.05, 3.63) is 62.0 Å². The van der Waals surface area contributed by atoms with Crippen LogP contribution in [0.25, 0.3) is 11.2 Å². The Morgan fingerprint density at radius 2 is 1.80 bits per heavy atom.